The minimum atomic E-state index is -0.254. The number of halogens is 2. The van der Waals surface area contributed by atoms with E-state index < -0.39 is 0 Å². The van der Waals surface area contributed by atoms with Crippen LogP contribution >= 0.6 is 11.6 Å². The Labute approximate surface area is 133 Å². The Morgan fingerprint density at radius 1 is 1.33 bits per heavy atom. The summed E-state index contributed by atoms with van der Waals surface area (Å²) in [5.41, 5.74) is 1.31. The van der Waals surface area contributed by atoms with Gasteiger partial charge in [-0.2, -0.15) is 0 Å². The molecule has 21 heavy (non-hydrogen) atoms. The number of hydrogen-bond acceptors (Lipinski definition) is 1. The topological polar surface area (TPSA) is 12.0 Å². The molecule has 0 radical (unpaired) electrons. The van der Waals surface area contributed by atoms with Crippen LogP contribution in [0.1, 0.15) is 57.9 Å². The summed E-state index contributed by atoms with van der Waals surface area (Å²) in [5, 5.41) is 4.26. The minimum Gasteiger partial charge on any atom is -0.313 e. The molecule has 0 aromatic heterocycles. The number of unbranched alkanes of at least 4 members (excludes halogenated alkanes) is 1. The molecule has 1 unspecified atom stereocenters. The minimum absolute atomic E-state index is 0.236. The van der Waals surface area contributed by atoms with Crippen LogP contribution in [0.3, 0.4) is 0 Å². The summed E-state index contributed by atoms with van der Waals surface area (Å²) in [6.07, 6.45) is 8.33. The van der Waals surface area contributed by atoms with Gasteiger partial charge >= 0.3 is 0 Å². The van der Waals surface area contributed by atoms with Crippen molar-refractivity contribution in [3.63, 3.8) is 0 Å². The van der Waals surface area contributed by atoms with Crippen LogP contribution in [0.4, 0.5) is 4.39 Å². The largest absolute Gasteiger partial charge is 0.313 e. The molecule has 118 valence electrons. The summed E-state index contributed by atoms with van der Waals surface area (Å²) in [6, 6.07) is 5.54. The van der Waals surface area contributed by atoms with Crippen molar-refractivity contribution in [1.82, 2.24) is 5.32 Å². The predicted molar refractivity (Wildman–Crippen MR) is 88.4 cm³/mol. The predicted octanol–water partition coefficient (Wildman–Crippen LogP) is 5.36. The third-order valence-corrected chi connectivity index (χ3v) is 5.09. The van der Waals surface area contributed by atoms with Crippen LogP contribution in [0.25, 0.3) is 0 Å². The van der Waals surface area contributed by atoms with E-state index in [9.17, 15) is 4.39 Å². The van der Waals surface area contributed by atoms with E-state index in [0.717, 1.165) is 31.0 Å². The van der Waals surface area contributed by atoms with E-state index in [0.29, 0.717) is 5.02 Å². The van der Waals surface area contributed by atoms with Gasteiger partial charge in [0.25, 0.3) is 0 Å². The molecule has 1 fully saturated rings. The highest BCUT2D eigenvalue weighted by molar-refractivity contribution is 6.31. The summed E-state index contributed by atoms with van der Waals surface area (Å²) >= 11 is 6.24. The molecule has 0 bridgehead atoms. The van der Waals surface area contributed by atoms with Gasteiger partial charge in [-0.15, -0.1) is 0 Å². The van der Waals surface area contributed by atoms with E-state index in [1.807, 2.05) is 6.07 Å². The standard InChI is InChI=1S/C18H27ClFN/c1-3-5-10-18(4-2,13-21-16-8-9-16)12-14-6-7-15(20)11-17(14)19/h6-7,11,16,21H,3-5,8-10,12-13H2,1-2H3. The first-order chi connectivity index (χ1) is 10.1. The third kappa shape index (κ3) is 4.96. The Kier molecular flexibility index (Phi) is 6.07. The molecule has 1 N–H and O–H groups in total. The van der Waals surface area contributed by atoms with Gasteiger partial charge in [-0.1, -0.05) is 44.4 Å². The van der Waals surface area contributed by atoms with Crippen LogP contribution in [0.2, 0.25) is 5.02 Å². The Hall–Kier alpha value is -0.600. The van der Waals surface area contributed by atoms with Crippen LogP contribution < -0.4 is 5.32 Å². The molecule has 1 aromatic rings. The van der Waals surface area contributed by atoms with Gasteiger partial charge in [0.05, 0.1) is 0 Å². The first-order valence-electron chi connectivity index (χ1n) is 8.26. The molecular weight excluding hydrogens is 285 g/mol. The van der Waals surface area contributed by atoms with Gasteiger partial charge in [0.1, 0.15) is 5.82 Å². The van der Waals surface area contributed by atoms with E-state index >= 15 is 0 Å². The van der Waals surface area contributed by atoms with Gasteiger partial charge in [-0.05, 0) is 55.2 Å². The normalized spacial score (nSPS) is 17.7. The van der Waals surface area contributed by atoms with Crippen molar-refractivity contribution >= 4 is 11.6 Å². The fourth-order valence-electron chi connectivity index (χ4n) is 2.94. The Balaban J connectivity index is 2.11. The average Bonchev–Trinajstić information content (AvgIpc) is 3.29. The van der Waals surface area contributed by atoms with Crippen molar-refractivity contribution in [2.24, 2.45) is 5.41 Å². The van der Waals surface area contributed by atoms with Gasteiger partial charge in [0, 0.05) is 17.6 Å². The molecule has 0 saturated heterocycles. The summed E-state index contributed by atoms with van der Waals surface area (Å²) < 4.78 is 13.2. The Morgan fingerprint density at radius 3 is 2.67 bits per heavy atom. The van der Waals surface area contributed by atoms with E-state index in [2.05, 4.69) is 19.2 Å². The first kappa shape index (κ1) is 16.8. The molecule has 1 nitrogen and oxygen atoms in total. The zero-order valence-electron chi connectivity index (χ0n) is 13.2. The van der Waals surface area contributed by atoms with Crippen LogP contribution in [-0.4, -0.2) is 12.6 Å². The molecule has 2 rings (SSSR count). The van der Waals surface area contributed by atoms with Crippen molar-refractivity contribution in [3.8, 4) is 0 Å². The van der Waals surface area contributed by atoms with E-state index in [1.54, 1.807) is 0 Å². The first-order valence-corrected chi connectivity index (χ1v) is 8.63. The fourth-order valence-corrected chi connectivity index (χ4v) is 3.17. The quantitative estimate of drug-likeness (QED) is 0.647. The molecule has 1 atom stereocenters. The lowest BCUT2D eigenvalue weighted by atomic mass is 9.75. The smallest absolute Gasteiger partial charge is 0.124 e. The number of nitrogens with one attached hydrogen (secondary N) is 1. The van der Waals surface area contributed by atoms with Gasteiger partial charge in [0.15, 0.2) is 0 Å². The summed E-state index contributed by atoms with van der Waals surface area (Å²) in [5.74, 6) is -0.254. The second kappa shape index (κ2) is 7.60. The maximum absolute atomic E-state index is 13.2. The van der Waals surface area contributed by atoms with Gasteiger partial charge in [-0.25, -0.2) is 4.39 Å². The Morgan fingerprint density at radius 2 is 2.10 bits per heavy atom. The van der Waals surface area contributed by atoms with Gasteiger partial charge < -0.3 is 5.32 Å². The van der Waals surface area contributed by atoms with Crippen molar-refractivity contribution in [3.05, 3.63) is 34.6 Å². The fraction of sp³-hybridized carbons (Fsp3) is 0.667. The van der Waals surface area contributed by atoms with Crippen LogP contribution in [0.5, 0.6) is 0 Å². The SMILES string of the molecule is CCCCC(CC)(CNC1CC1)Cc1ccc(F)cc1Cl. The zero-order valence-corrected chi connectivity index (χ0v) is 14.0. The lowest BCUT2D eigenvalue weighted by Crippen LogP contribution is -2.37. The average molecular weight is 312 g/mol. The highest BCUT2D eigenvalue weighted by Crippen LogP contribution is 2.36. The van der Waals surface area contributed by atoms with Crippen LogP contribution in [-0.2, 0) is 6.42 Å². The number of benzene rings is 1. The molecule has 1 saturated carbocycles. The second-order valence-corrected chi connectivity index (χ2v) is 6.93. The molecule has 3 heteroatoms. The highest BCUT2D eigenvalue weighted by atomic mass is 35.5. The third-order valence-electron chi connectivity index (χ3n) is 4.73. The molecular formula is C18H27ClFN. The monoisotopic (exact) mass is 311 g/mol. The van der Waals surface area contributed by atoms with Crippen molar-refractivity contribution in [2.75, 3.05) is 6.54 Å². The van der Waals surface area contributed by atoms with Crippen LogP contribution in [0.15, 0.2) is 18.2 Å². The number of hydrogen-bond donors (Lipinski definition) is 1. The molecule has 1 aliphatic rings. The summed E-state index contributed by atoms with van der Waals surface area (Å²) in [6.45, 7) is 5.54. The lowest BCUT2D eigenvalue weighted by molar-refractivity contribution is 0.228. The molecule has 0 amide bonds. The van der Waals surface area contributed by atoms with Crippen molar-refractivity contribution in [1.29, 1.82) is 0 Å². The van der Waals surface area contributed by atoms with Crippen molar-refractivity contribution < 1.29 is 4.39 Å². The highest BCUT2D eigenvalue weighted by Gasteiger charge is 2.31. The van der Waals surface area contributed by atoms with Crippen LogP contribution in [0, 0.1) is 11.2 Å². The lowest BCUT2D eigenvalue weighted by Gasteiger charge is -2.34. The second-order valence-electron chi connectivity index (χ2n) is 6.52. The zero-order chi connectivity index (χ0) is 15.3. The molecule has 0 heterocycles. The molecule has 0 spiro atoms. The summed E-state index contributed by atoms with van der Waals surface area (Å²) in [7, 11) is 0. The maximum Gasteiger partial charge on any atom is 0.124 e. The summed E-state index contributed by atoms with van der Waals surface area (Å²) in [4.78, 5) is 0. The molecule has 1 aromatic carbocycles. The molecule has 0 aliphatic heterocycles. The maximum atomic E-state index is 13.2. The van der Waals surface area contributed by atoms with Gasteiger partial charge in [-0.3, -0.25) is 0 Å². The van der Waals surface area contributed by atoms with Gasteiger partial charge in [0.2, 0.25) is 0 Å². The Bertz CT molecular complexity index is 459. The van der Waals surface area contributed by atoms with Crippen molar-refractivity contribution in [2.45, 2.75) is 64.8 Å². The van der Waals surface area contributed by atoms with E-state index in [4.69, 9.17) is 11.6 Å². The number of rotatable bonds is 9. The molecule has 1 aliphatic carbocycles. The van der Waals surface area contributed by atoms with E-state index in [1.165, 1.54) is 44.2 Å². The van der Waals surface area contributed by atoms with E-state index in [-0.39, 0.29) is 11.2 Å².